The molecule has 3 bridgehead atoms. The van der Waals surface area contributed by atoms with Crippen molar-refractivity contribution in [3.8, 4) is 0 Å². The van der Waals surface area contributed by atoms with Gasteiger partial charge in [-0.1, -0.05) is 0 Å². The molecule has 3 heterocycles. The highest BCUT2D eigenvalue weighted by Crippen LogP contribution is 2.32. The summed E-state index contributed by atoms with van der Waals surface area (Å²) in [5.41, 5.74) is 0. The highest BCUT2D eigenvalue weighted by atomic mass is 15.2. The fraction of sp³-hybridized carbons (Fsp3) is 1.00. The van der Waals surface area contributed by atoms with Gasteiger partial charge in [0.2, 0.25) is 0 Å². The smallest absolute Gasteiger partial charge is 0.0201 e. The lowest BCUT2D eigenvalue weighted by molar-refractivity contribution is 0.149. The van der Waals surface area contributed by atoms with Gasteiger partial charge in [0, 0.05) is 25.2 Å². The van der Waals surface area contributed by atoms with Crippen molar-refractivity contribution in [1.82, 2.24) is 10.2 Å². The fourth-order valence-corrected chi connectivity index (χ4v) is 2.91. The summed E-state index contributed by atoms with van der Waals surface area (Å²) in [7, 11) is 0. The van der Waals surface area contributed by atoms with E-state index in [-0.39, 0.29) is 0 Å². The topological polar surface area (TPSA) is 15.3 Å². The highest BCUT2D eigenvalue weighted by molar-refractivity contribution is 5.01. The standard InChI is InChI=1S/C8H14N2/c1-2-10-4-6-3-7(5-10)9-8(1)6/h6-9H,1-5H2/t6-,7+,8+/m1/s1. The summed E-state index contributed by atoms with van der Waals surface area (Å²) in [6.45, 7) is 4.06. The normalized spacial score (nSPS) is 57.6. The van der Waals surface area contributed by atoms with Crippen LogP contribution in [-0.2, 0) is 0 Å². The minimum atomic E-state index is 0.853. The second-order valence-electron chi connectivity index (χ2n) is 4.01. The maximum atomic E-state index is 3.70. The van der Waals surface area contributed by atoms with Crippen molar-refractivity contribution in [3.05, 3.63) is 0 Å². The minimum Gasteiger partial charge on any atom is -0.310 e. The molecule has 3 saturated heterocycles. The van der Waals surface area contributed by atoms with Crippen LogP contribution in [0.2, 0.25) is 0 Å². The van der Waals surface area contributed by atoms with E-state index in [1.165, 1.54) is 32.5 Å². The molecule has 0 aromatic heterocycles. The van der Waals surface area contributed by atoms with E-state index in [9.17, 15) is 0 Å². The molecule has 10 heavy (non-hydrogen) atoms. The van der Waals surface area contributed by atoms with Gasteiger partial charge in [0.1, 0.15) is 0 Å². The van der Waals surface area contributed by atoms with Crippen molar-refractivity contribution in [2.75, 3.05) is 19.6 Å². The van der Waals surface area contributed by atoms with E-state index in [2.05, 4.69) is 10.2 Å². The lowest BCUT2D eigenvalue weighted by Crippen LogP contribution is -2.44. The third-order valence-electron chi connectivity index (χ3n) is 3.33. The van der Waals surface area contributed by atoms with Crippen LogP contribution in [-0.4, -0.2) is 36.6 Å². The Balaban J connectivity index is 1.94. The molecule has 3 fully saturated rings. The zero-order valence-corrected chi connectivity index (χ0v) is 6.21. The van der Waals surface area contributed by atoms with Gasteiger partial charge < -0.3 is 10.2 Å². The van der Waals surface area contributed by atoms with Gasteiger partial charge in [-0.15, -0.1) is 0 Å². The van der Waals surface area contributed by atoms with E-state index >= 15 is 0 Å². The van der Waals surface area contributed by atoms with Gasteiger partial charge in [-0.2, -0.15) is 0 Å². The molecule has 0 radical (unpaired) electrons. The molecule has 56 valence electrons. The molecule has 1 unspecified atom stereocenters. The first-order valence-corrected chi connectivity index (χ1v) is 4.40. The number of hydrogen-bond acceptors (Lipinski definition) is 2. The number of piperidine rings is 2. The summed E-state index contributed by atoms with van der Waals surface area (Å²) in [5.74, 6) is 1.01. The first-order chi connectivity index (χ1) is 4.92. The maximum absolute atomic E-state index is 3.70. The van der Waals surface area contributed by atoms with Crippen molar-refractivity contribution >= 4 is 0 Å². The molecule has 0 aromatic rings. The van der Waals surface area contributed by atoms with Crippen LogP contribution in [0.25, 0.3) is 0 Å². The molecule has 1 N–H and O–H groups in total. The van der Waals surface area contributed by atoms with E-state index in [4.69, 9.17) is 0 Å². The zero-order chi connectivity index (χ0) is 6.55. The van der Waals surface area contributed by atoms with Gasteiger partial charge in [0.25, 0.3) is 0 Å². The Bertz CT molecular complexity index is 147. The summed E-state index contributed by atoms with van der Waals surface area (Å²) in [5, 5.41) is 3.70. The van der Waals surface area contributed by atoms with E-state index < -0.39 is 0 Å². The Morgan fingerprint density at radius 3 is 3.30 bits per heavy atom. The first kappa shape index (κ1) is 5.56. The van der Waals surface area contributed by atoms with Gasteiger partial charge in [-0.3, -0.25) is 0 Å². The van der Waals surface area contributed by atoms with Crippen LogP contribution in [0.1, 0.15) is 12.8 Å². The summed E-state index contributed by atoms with van der Waals surface area (Å²) < 4.78 is 0. The molecule has 0 amide bonds. The average Bonchev–Trinajstić information content (AvgIpc) is 2.11. The Morgan fingerprint density at radius 2 is 2.30 bits per heavy atom. The molecule has 0 spiro atoms. The minimum absolute atomic E-state index is 0.853. The Hall–Kier alpha value is -0.0800. The molecule has 3 aliphatic rings. The molecule has 0 saturated carbocycles. The predicted octanol–water partition coefficient (Wildman–Crippen LogP) is 0.0524. The Kier molecular flexibility index (Phi) is 0.968. The number of hydrogen-bond donors (Lipinski definition) is 1. The van der Waals surface area contributed by atoms with Crippen molar-refractivity contribution < 1.29 is 0 Å². The first-order valence-electron chi connectivity index (χ1n) is 4.40. The predicted molar refractivity (Wildman–Crippen MR) is 39.9 cm³/mol. The quantitative estimate of drug-likeness (QED) is 0.509. The van der Waals surface area contributed by atoms with Gasteiger partial charge >= 0.3 is 0 Å². The molecule has 0 aliphatic carbocycles. The van der Waals surface area contributed by atoms with Crippen LogP contribution in [0.5, 0.6) is 0 Å². The second kappa shape index (κ2) is 1.74. The van der Waals surface area contributed by atoms with E-state index in [0.29, 0.717) is 0 Å². The molecule has 2 nitrogen and oxygen atoms in total. The lowest BCUT2D eigenvalue weighted by Gasteiger charge is -2.35. The zero-order valence-electron chi connectivity index (χ0n) is 6.21. The van der Waals surface area contributed by atoms with Crippen molar-refractivity contribution in [3.63, 3.8) is 0 Å². The monoisotopic (exact) mass is 138 g/mol. The van der Waals surface area contributed by atoms with Gasteiger partial charge in [0.15, 0.2) is 0 Å². The number of fused-ring (bicyclic) bond motifs is 2. The number of rotatable bonds is 0. The van der Waals surface area contributed by atoms with Gasteiger partial charge in [-0.05, 0) is 25.3 Å². The SMILES string of the molecule is C1[C@H]2CN3CC[C@H](N2)[C@H]1C3. The second-order valence-corrected chi connectivity index (χ2v) is 4.01. The number of nitrogens with zero attached hydrogens (tertiary/aromatic N) is 1. The largest absolute Gasteiger partial charge is 0.310 e. The summed E-state index contributed by atoms with van der Waals surface area (Å²) in [6, 6.07) is 1.75. The molecule has 0 aromatic carbocycles. The lowest BCUT2D eigenvalue weighted by atomic mass is 9.89. The third-order valence-corrected chi connectivity index (χ3v) is 3.33. The summed E-state index contributed by atoms with van der Waals surface area (Å²) in [6.07, 6.45) is 2.86. The molecular weight excluding hydrogens is 124 g/mol. The fourth-order valence-electron chi connectivity index (χ4n) is 2.91. The van der Waals surface area contributed by atoms with Crippen LogP contribution in [0.15, 0.2) is 0 Å². The third kappa shape index (κ3) is 0.611. The van der Waals surface area contributed by atoms with Crippen molar-refractivity contribution in [2.45, 2.75) is 24.9 Å². The molecule has 3 rings (SSSR count). The molecular formula is C8H14N2. The molecule has 2 heteroatoms. The highest BCUT2D eigenvalue weighted by Gasteiger charge is 2.42. The van der Waals surface area contributed by atoms with E-state index in [1.807, 2.05) is 0 Å². The van der Waals surface area contributed by atoms with Gasteiger partial charge in [-0.25, -0.2) is 0 Å². The number of nitrogens with one attached hydrogen (secondary N) is 1. The van der Waals surface area contributed by atoms with Crippen LogP contribution >= 0.6 is 0 Å². The average molecular weight is 138 g/mol. The van der Waals surface area contributed by atoms with Crippen LogP contribution in [0, 0.1) is 5.92 Å². The summed E-state index contributed by atoms with van der Waals surface area (Å²) >= 11 is 0. The van der Waals surface area contributed by atoms with Gasteiger partial charge in [0.05, 0.1) is 0 Å². The Morgan fingerprint density at radius 1 is 1.30 bits per heavy atom. The molecule has 4 atom stereocenters. The van der Waals surface area contributed by atoms with Crippen LogP contribution < -0.4 is 5.32 Å². The summed E-state index contributed by atoms with van der Waals surface area (Å²) in [4.78, 5) is 2.62. The van der Waals surface area contributed by atoms with Crippen LogP contribution in [0.3, 0.4) is 0 Å². The molecule has 3 aliphatic heterocycles. The van der Waals surface area contributed by atoms with E-state index in [1.54, 1.807) is 0 Å². The Labute approximate surface area is 61.6 Å². The van der Waals surface area contributed by atoms with Crippen LogP contribution in [0.4, 0.5) is 0 Å². The maximum Gasteiger partial charge on any atom is 0.0201 e. The van der Waals surface area contributed by atoms with Crippen molar-refractivity contribution in [2.24, 2.45) is 5.92 Å². The van der Waals surface area contributed by atoms with E-state index in [0.717, 1.165) is 18.0 Å². The van der Waals surface area contributed by atoms with Crippen molar-refractivity contribution in [1.29, 1.82) is 0 Å².